The molecule has 0 aliphatic rings. The van der Waals surface area contributed by atoms with Gasteiger partial charge in [-0.1, -0.05) is 71.1 Å². The van der Waals surface area contributed by atoms with Crippen molar-refractivity contribution >= 4 is 0 Å². The molecule has 2 atom stereocenters. The van der Waals surface area contributed by atoms with Crippen molar-refractivity contribution in [2.45, 2.75) is 103 Å². The molecule has 0 aliphatic carbocycles. The molecule has 4 N–H and O–H groups in total. The van der Waals surface area contributed by atoms with Crippen LogP contribution >= 0.6 is 0 Å². The normalized spacial score (nSPS) is 16.5. The molecule has 0 fully saturated rings. The second kappa shape index (κ2) is 10.8. The van der Waals surface area contributed by atoms with Gasteiger partial charge in [-0.25, -0.2) is 0 Å². The molecule has 0 amide bonds. The Balaban J connectivity index is 3.21. The van der Waals surface area contributed by atoms with Gasteiger partial charge in [0.25, 0.3) is 0 Å². The fourth-order valence-electron chi connectivity index (χ4n) is 2.22. The first kappa shape index (κ1) is 17.9. The monoisotopic (exact) mass is 256 g/mol. The van der Waals surface area contributed by atoms with Gasteiger partial charge < -0.3 is 11.5 Å². The zero-order valence-electron chi connectivity index (χ0n) is 13.0. The molecule has 0 spiro atoms. The predicted octanol–water partition coefficient (Wildman–Crippen LogP) is 4.36. The maximum Gasteiger partial charge on any atom is 0.0276 e. The van der Waals surface area contributed by atoms with E-state index in [-0.39, 0.29) is 11.6 Å². The van der Waals surface area contributed by atoms with Crippen molar-refractivity contribution in [3.05, 3.63) is 0 Å². The summed E-state index contributed by atoms with van der Waals surface area (Å²) in [7, 11) is 0. The fraction of sp³-hybridized carbons (Fsp3) is 1.00. The average molecular weight is 256 g/mol. The minimum Gasteiger partial charge on any atom is -0.326 e. The molecule has 0 aromatic rings. The van der Waals surface area contributed by atoms with Crippen molar-refractivity contribution in [1.82, 2.24) is 0 Å². The molecule has 0 aromatic carbocycles. The van der Waals surface area contributed by atoms with Crippen molar-refractivity contribution in [3.63, 3.8) is 0 Å². The lowest BCUT2D eigenvalue weighted by molar-refractivity contribution is 0.351. The van der Waals surface area contributed by atoms with Crippen molar-refractivity contribution in [3.8, 4) is 0 Å². The zero-order valence-corrected chi connectivity index (χ0v) is 13.0. The highest BCUT2D eigenvalue weighted by atomic mass is 14.8. The van der Waals surface area contributed by atoms with Crippen LogP contribution in [0, 0.1) is 0 Å². The number of hydrogen-bond acceptors (Lipinski definition) is 2. The Bertz CT molecular complexity index is 176. The summed E-state index contributed by atoms with van der Waals surface area (Å²) in [6.07, 6.45) is 14.8. The second-order valence-electron chi connectivity index (χ2n) is 6.23. The minimum atomic E-state index is -0.180. The lowest BCUT2D eigenvalue weighted by atomic mass is 9.89. The average Bonchev–Trinajstić information content (AvgIpc) is 2.31. The number of nitrogens with two attached hydrogens (primary N) is 2. The number of unbranched alkanes of at least 4 members (excludes halogenated alkanes) is 9. The van der Waals surface area contributed by atoms with E-state index in [4.69, 9.17) is 11.5 Å². The van der Waals surface area contributed by atoms with E-state index in [1.165, 1.54) is 64.2 Å². The van der Waals surface area contributed by atoms with Gasteiger partial charge in [-0.05, 0) is 20.3 Å². The highest BCUT2D eigenvalue weighted by Gasteiger charge is 2.22. The van der Waals surface area contributed by atoms with E-state index in [1.54, 1.807) is 0 Å². The van der Waals surface area contributed by atoms with Gasteiger partial charge >= 0.3 is 0 Å². The lowest BCUT2D eigenvalue weighted by Gasteiger charge is -2.28. The second-order valence-corrected chi connectivity index (χ2v) is 6.23. The third-order valence-electron chi connectivity index (χ3n) is 4.11. The van der Waals surface area contributed by atoms with Crippen LogP contribution in [-0.4, -0.2) is 11.6 Å². The van der Waals surface area contributed by atoms with Crippen LogP contribution < -0.4 is 11.5 Å². The van der Waals surface area contributed by atoms with Crippen LogP contribution in [0.5, 0.6) is 0 Å². The first-order chi connectivity index (χ1) is 8.50. The molecule has 2 heteroatoms. The van der Waals surface area contributed by atoms with Gasteiger partial charge in [-0.15, -0.1) is 0 Å². The molecule has 2 nitrogen and oxygen atoms in total. The third kappa shape index (κ3) is 9.90. The molecule has 110 valence electrons. The molecule has 0 bridgehead atoms. The fourth-order valence-corrected chi connectivity index (χ4v) is 2.22. The predicted molar refractivity (Wildman–Crippen MR) is 82.7 cm³/mol. The van der Waals surface area contributed by atoms with Crippen molar-refractivity contribution in [2.75, 3.05) is 0 Å². The molecule has 0 rings (SSSR count). The summed E-state index contributed by atoms with van der Waals surface area (Å²) >= 11 is 0. The Morgan fingerprint density at radius 3 is 1.61 bits per heavy atom. The molecule has 0 heterocycles. The highest BCUT2D eigenvalue weighted by Crippen LogP contribution is 2.16. The lowest BCUT2D eigenvalue weighted by Crippen LogP contribution is -2.51. The van der Waals surface area contributed by atoms with E-state index >= 15 is 0 Å². The molecule has 0 saturated heterocycles. The summed E-state index contributed by atoms with van der Waals surface area (Å²) in [5.41, 5.74) is 11.8. The van der Waals surface area contributed by atoms with Crippen molar-refractivity contribution < 1.29 is 0 Å². The maximum atomic E-state index is 6.14. The minimum absolute atomic E-state index is 0.0936. The molecule has 2 unspecified atom stereocenters. The van der Waals surface area contributed by atoms with Crippen LogP contribution in [0.15, 0.2) is 0 Å². The Kier molecular flexibility index (Phi) is 10.8. The van der Waals surface area contributed by atoms with E-state index in [9.17, 15) is 0 Å². The van der Waals surface area contributed by atoms with Gasteiger partial charge in [0, 0.05) is 11.6 Å². The van der Waals surface area contributed by atoms with Crippen LogP contribution in [0.4, 0.5) is 0 Å². The van der Waals surface area contributed by atoms with E-state index in [0.29, 0.717) is 0 Å². The molecular formula is C16H36N2. The first-order valence-corrected chi connectivity index (χ1v) is 8.05. The Hall–Kier alpha value is -0.0800. The van der Waals surface area contributed by atoms with E-state index < -0.39 is 0 Å². The van der Waals surface area contributed by atoms with Crippen molar-refractivity contribution in [2.24, 2.45) is 11.5 Å². The standard InChI is InChI=1S/C16H36N2/c1-4-5-6-7-8-9-10-11-12-13-14-16(3,18)15(2)17/h15H,4-14,17-18H2,1-3H3. The van der Waals surface area contributed by atoms with E-state index in [2.05, 4.69) is 13.8 Å². The maximum absolute atomic E-state index is 6.14. The molecule has 0 saturated carbocycles. The van der Waals surface area contributed by atoms with Crippen LogP contribution in [0.2, 0.25) is 0 Å². The van der Waals surface area contributed by atoms with Gasteiger partial charge in [-0.2, -0.15) is 0 Å². The van der Waals surface area contributed by atoms with E-state index in [1.807, 2.05) is 6.92 Å². The molecule has 0 radical (unpaired) electrons. The van der Waals surface area contributed by atoms with Gasteiger partial charge in [0.05, 0.1) is 0 Å². The van der Waals surface area contributed by atoms with Crippen LogP contribution in [0.1, 0.15) is 91.4 Å². The summed E-state index contributed by atoms with van der Waals surface area (Å²) in [6, 6.07) is 0.0936. The van der Waals surface area contributed by atoms with Crippen molar-refractivity contribution in [1.29, 1.82) is 0 Å². The molecule has 18 heavy (non-hydrogen) atoms. The first-order valence-electron chi connectivity index (χ1n) is 8.05. The molecular weight excluding hydrogens is 220 g/mol. The summed E-state index contributed by atoms with van der Waals surface area (Å²) in [5, 5.41) is 0. The van der Waals surface area contributed by atoms with Gasteiger partial charge in [0.2, 0.25) is 0 Å². The Morgan fingerprint density at radius 2 is 1.22 bits per heavy atom. The van der Waals surface area contributed by atoms with Crippen LogP contribution in [0.25, 0.3) is 0 Å². The van der Waals surface area contributed by atoms with Gasteiger partial charge in [0.15, 0.2) is 0 Å². The number of rotatable bonds is 12. The van der Waals surface area contributed by atoms with Gasteiger partial charge in [-0.3, -0.25) is 0 Å². The Labute approximate surface area is 115 Å². The zero-order chi connectivity index (χ0) is 13.9. The van der Waals surface area contributed by atoms with Crippen LogP contribution in [-0.2, 0) is 0 Å². The summed E-state index contributed by atoms with van der Waals surface area (Å²) in [5.74, 6) is 0. The molecule has 0 aliphatic heterocycles. The highest BCUT2D eigenvalue weighted by molar-refractivity contribution is 4.86. The van der Waals surface area contributed by atoms with Crippen LogP contribution in [0.3, 0.4) is 0 Å². The summed E-state index contributed by atoms with van der Waals surface area (Å²) < 4.78 is 0. The SMILES string of the molecule is CCCCCCCCCCCCC(C)(N)C(C)N. The summed E-state index contributed by atoms with van der Waals surface area (Å²) in [4.78, 5) is 0. The van der Waals surface area contributed by atoms with E-state index in [0.717, 1.165) is 6.42 Å². The summed E-state index contributed by atoms with van der Waals surface area (Å²) in [6.45, 7) is 6.36. The smallest absolute Gasteiger partial charge is 0.0276 e. The Morgan fingerprint density at radius 1 is 0.833 bits per heavy atom. The van der Waals surface area contributed by atoms with Gasteiger partial charge in [0.1, 0.15) is 0 Å². The quantitative estimate of drug-likeness (QED) is 0.510. The molecule has 0 aromatic heterocycles. The largest absolute Gasteiger partial charge is 0.326 e. The third-order valence-corrected chi connectivity index (χ3v) is 4.11. The number of hydrogen-bond donors (Lipinski definition) is 2. The topological polar surface area (TPSA) is 52.0 Å².